The predicted molar refractivity (Wildman–Crippen MR) is 109 cm³/mol. The van der Waals surface area contributed by atoms with E-state index in [1.54, 1.807) is 0 Å². The molecule has 0 saturated carbocycles. The highest BCUT2D eigenvalue weighted by Crippen LogP contribution is 2.35. The van der Waals surface area contributed by atoms with E-state index in [-0.39, 0.29) is 33.6 Å². The highest BCUT2D eigenvalue weighted by Gasteiger charge is 2.33. The Balaban J connectivity index is 1.65. The van der Waals surface area contributed by atoms with Gasteiger partial charge < -0.3 is 22.1 Å². The molecule has 3 aromatic rings. The van der Waals surface area contributed by atoms with Crippen molar-refractivity contribution in [3.63, 3.8) is 0 Å². The van der Waals surface area contributed by atoms with Crippen molar-refractivity contribution in [2.24, 2.45) is 0 Å². The van der Waals surface area contributed by atoms with Gasteiger partial charge >= 0.3 is 6.18 Å². The van der Waals surface area contributed by atoms with Gasteiger partial charge in [0.25, 0.3) is 11.8 Å². The summed E-state index contributed by atoms with van der Waals surface area (Å²) in [5, 5.41) is 5.15. The van der Waals surface area contributed by atoms with Gasteiger partial charge in [-0.1, -0.05) is 11.6 Å². The number of hydrogen-bond acceptors (Lipinski definition) is 8. The first kappa shape index (κ1) is 22.2. The van der Waals surface area contributed by atoms with E-state index in [0.717, 1.165) is 29.8 Å². The molecule has 2 aromatic heterocycles. The van der Waals surface area contributed by atoms with E-state index in [2.05, 4.69) is 25.6 Å². The standard InChI is InChI=1S/C17H13ClF3N7O2S/c18-12-13(26-6-27-14(12)23)16(30)25-5-11-24-4-10(31-11)15(29)28-7-1-2-9(22)8(3-7)17(19,20)21/h1-4,6H,5,22H2,(H,25,30)(H,28,29)(H2,23,26,27). The van der Waals surface area contributed by atoms with Gasteiger partial charge in [-0.05, 0) is 18.2 Å². The molecule has 0 aliphatic heterocycles. The molecule has 0 fully saturated rings. The number of thiazole rings is 1. The highest BCUT2D eigenvalue weighted by molar-refractivity contribution is 7.13. The lowest BCUT2D eigenvalue weighted by molar-refractivity contribution is -0.136. The normalized spacial score (nSPS) is 11.2. The second-order valence-corrected chi connectivity index (χ2v) is 7.47. The number of nitrogen functional groups attached to an aromatic ring is 2. The van der Waals surface area contributed by atoms with Crippen molar-refractivity contribution in [2.45, 2.75) is 12.7 Å². The lowest BCUT2D eigenvalue weighted by atomic mass is 10.1. The molecule has 0 spiro atoms. The molecule has 0 radical (unpaired) electrons. The molecule has 1 aromatic carbocycles. The second-order valence-electron chi connectivity index (χ2n) is 5.98. The van der Waals surface area contributed by atoms with E-state index in [0.29, 0.717) is 5.01 Å². The van der Waals surface area contributed by atoms with Gasteiger partial charge in [0, 0.05) is 11.4 Å². The summed E-state index contributed by atoms with van der Waals surface area (Å²) in [5.74, 6) is -1.34. The van der Waals surface area contributed by atoms with Crippen molar-refractivity contribution in [2.75, 3.05) is 16.8 Å². The van der Waals surface area contributed by atoms with Crippen LogP contribution < -0.4 is 22.1 Å². The molecule has 2 amide bonds. The summed E-state index contributed by atoms with van der Waals surface area (Å²) in [4.78, 5) is 36.0. The molecule has 0 bridgehead atoms. The lowest BCUT2D eigenvalue weighted by Gasteiger charge is -2.12. The minimum Gasteiger partial charge on any atom is -0.398 e. The zero-order valence-electron chi connectivity index (χ0n) is 15.3. The topological polar surface area (TPSA) is 149 Å². The number of carbonyl (C=O) groups is 2. The van der Waals surface area contributed by atoms with E-state index in [1.807, 2.05) is 0 Å². The van der Waals surface area contributed by atoms with Crippen LogP contribution in [0.1, 0.15) is 30.7 Å². The van der Waals surface area contributed by atoms with E-state index in [9.17, 15) is 22.8 Å². The summed E-state index contributed by atoms with van der Waals surface area (Å²) in [5.41, 5.74) is 9.16. The van der Waals surface area contributed by atoms with Crippen LogP contribution in [0.2, 0.25) is 5.02 Å². The molecule has 14 heteroatoms. The summed E-state index contributed by atoms with van der Waals surface area (Å²) in [7, 11) is 0. The third-order valence-electron chi connectivity index (χ3n) is 3.83. The Kier molecular flexibility index (Phi) is 6.27. The van der Waals surface area contributed by atoms with Crippen LogP contribution in [0.3, 0.4) is 0 Å². The molecule has 31 heavy (non-hydrogen) atoms. The number of carbonyl (C=O) groups excluding carboxylic acids is 2. The average Bonchev–Trinajstić information content (AvgIpc) is 3.18. The van der Waals surface area contributed by atoms with Crippen molar-refractivity contribution in [3.05, 3.63) is 56.9 Å². The van der Waals surface area contributed by atoms with E-state index in [4.69, 9.17) is 23.1 Å². The zero-order valence-corrected chi connectivity index (χ0v) is 16.9. The fourth-order valence-electron chi connectivity index (χ4n) is 2.35. The Bertz CT molecular complexity index is 1150. The summed E-state index contributed by atoms with van der Waals surface area (Å²) in [6.45, 7) is -0.0445. The molecule has 0 saturated heterocycles. The molecule has 6 N–H and O–H groups in total. The number of aromatic nitrogens is 3. The van der Waals surface area contributed by atoms with Gasteiger partial charge in [0.15, 0.2) is 5.69 Å². The maximum absolute atomic E-state index is 13.0. The van der Waals surface area contributed by atoms with Crippen LogP contribution in [0.5, 0.6) is 0 Å². The number of nitrogens with one attached hydrogen (secondary N) is 2. The van der Waals surface area contributed by atoms with E-state index >= 15 is 0 Å². The highest BCUT2D eigenvalue weighted by atomic mass is 35.5. The van der Waals surface area contributed by atoms with E-state index < -0.39 is 29.2 Å². The molecule has 3 rings (SSSR count). The molecule has 162 valence electrons. The van der Waals surface area contributed by atoms with Crippen LogP contribution >= 0.6 is 22.9 Å². The van der Waals surface area contributed by atoms with Gasteiger partial charge in [-0.3, -0.25) is 9.59 Å². The molecule has 0 unspecified atom stereocenters. The minimum absolute atomic E-state index is 0.0445. The molecule has 2 heterocycles. The summed E-state index contributed by atoms with van der Waals surface area (Å²) >= 11 is 6.83. The average molecular weight is 472 g/mol. The van der Waals surface area contributed by atoms with Crippen molar-refractivity contribution < 1.29 is 22.8 Å². The fraction of sp³-hybridized carbons (Fsp3) is 0.118. The summed E-state index contributed by atoms with van der Waals surface area (Å²) < 4.78 is 38.9. The SMILES string of the molecule is Nc1ccc(NC(=O)c2cnc(CNC(=O)c3ncnc(N)c3Cl)s2)cc1C(F)(F)F. The first-order chi connectivity index (χ1) is 14.6. The maximum atomic E-state index is 13.0. The number of nitrogens with zero attached hydrogens (tertiary/aromatic N) is 3. The number of hydrogen-bond donors (Lipinski definition) is 4. The molecular weight excluding hydrogens is 459 g/mol. The molecular formula is C17H13ClF3N7O2S. The van der Waals surface area contributed by atoms with Crippen molar-refractivity contribution in [3.8, 4) is 0 Å². The van der Waals surface area contributed by atoms with Crippen molar-refractivity contribution >= 4 is 51.9 Å². The third kappa shape index (κ3) is 5.19. The first-order valence-electron chi connectivity index (χ1n) is 8.33. The smallest absolute Gasteiger partial charge is 0.398 e. The number of anilines is 3. The molecule has 0 aliphatic rings. The largest absolute Gasteiger partial charge is 0.418 e. The van der Waals surface area contributed by atoms with Gasteiger partial charge in [-0.25, -0.2) is 15.0 Å². The fourth-order valence-corrected chi connectivity index (χ4v) is 3.29. The lowest BCUT2D eigenvalue weighted by Crippen LogP contribution is -2.24. The van der Waals surface area contributed by atoms with Crippen LogP contribution in [-0.4, -0.2) is 26.8 Å². The van der Waals surface area contributed by atoms with Gasteiger partial charge in [0.1, 0.15) is 27.1 Å². The predicted octanol–water partition coefficient (Wildman–Crippen LogP) is 2.95. The van der Waals surface area contributed by atoms with Gasteiger partial charge in [0.05, 0.1) is 18.3 Å². The molecule has 9 nitrogen and oxygen atoms in total. The summed E-state index contributed by atoms with van der Waals surface area (Å²) in [6, 6.07) is 3.05. The number of nitrogens with two attached hydrogens (primary N) is 2. The Morgan fingerprint density at radius 2 is 1.87 bits per heavy atom. The van der Waals surface area contributed by atoms with Crippen molar-refractivity contribution in [1.29, 1.82) is 0 Å². The second kappa shape index (κ2) is 8.73. The Labute approximate surface area is 181 Å². The van der Waals surface area contributed by atoms with Gasteiger partial charge in [-0.15, -0.1) is 11.3 Å². The van der Waals surface area contributed by atoms with Crippen LogP contribution in [-0.2, 0) is 12.7 Å². The minimum atomic E-state index is -4.65. The molecule has 0 aliphatic carbocycles. The Hall–Kier alpha value is -3.45. The number of amides is 2. The van der Waals surface area contributed by atoms with Crippen LogP contribution in [0.4, 0.5) is 30.4 Å². The first-order valence-corrected chi connectivity index (χ1v) is 9.52. The van der Waals surface area contributed by atoms with Gasteiger partial charge in [-0.2, -0.15) is 13.2 Å². The van der Waals surface area contributed by atoms with Gasteiger partial charge in [0.2, 0.25) is 0 Å². The quantitative estimate of drug-likeness (QED) is 0.418. The molecule has 0 atom stereocenters. The monoisotopic (exact) mass is 471 g/mol. The number of benzene rings is 1. The zero-order chi connectivity index (χ0) is 22.8. The van der Waals surface area contributed by atoms with Crippen LogP contribution in [0, 0.1) is 0 Å². The maximum Gasteiger partial charge on any atom is 0.418 e. The Morgan fingerprint density at radius 3 is 2.58 bits per heavy atom. The van der Waals surface area contributed by atoms with E-state index in [1.165, 1.54) is 12.3 Å². The third-order valence-corrected chi connectivity index (χ3v) is 5.19. The van der Waals surface area contributed by atoms with Crippen LogP contribution in [0.25, 0.3) is 0 Å². The number of alkyl halides is 3. The van der Waals surface area contributed by atoms with Crippen LogP contribution in [0.15, 0.2) is 30.7 Å². The number of halogens is 4. The Morgan fingerprint density at radius 1 is 1.13 bits per heavy atom. The number of rotatable bonds is 5. The van der Waals surface area contributed by atoms with Crippen molar-refractivity contribution in [1.82, 2.24) is 20.3 Å². The summed E-state index contributed by atoms with van der Waals surface area (Å²) in [6.07, 6.45) is -2.33.